The molecule has 0 aromatic rings. The molecule has 5 nitrogen and oxygen atoms in total. The van der Waals surface area contributed by atoms with Gasteiger partial charge in [-0.25, -0.2) is 0 Å². The van der Waals surface area contributed by atoms with E-state index < -0.39 is 5.97 Å². The number of hydrogen-bond acceptors (Lipinski definition) is 3. The molecular weight excluding hydrogens is 234 g/mol. The molecule has 104 valence electrons. The van der Waals surface area contributed by atoms with Gasteiger partial charge in [0.15, 0.2) is 0 Å². The number of likely N-dealkylation sites (N-methyl/N-ethyl adjacent to an activating group) is 1. The molecule has 0 aromatic heterocycles. The molecule has 18 heavy (non-hydrogen) atoms. The minimum absolute atomic E-state index is 0.0121. The van der Waals surface area contributed by atoms with Gasteiger partial charge in [-0.3, -0.25) is 9.59 Å². The van der Waals surface area contributed by atoms with E-state index in [1.165, 1.54) is 4.90 Å². The Hall–Kier alpha value is -1.10. The Bertz CT molecular complexity index is 297. The zero-order valence-corrected chi connectivity index (χ0v) is 11.3. The molecule has 0 saturated heterocycles. The van der Waals surface area contributed by atoms with Gasteiger partial charge >= 0.3 is 5.97 Å². The van der Waals surface area contributed by atoms with Crippen LogP contribution in [0, 0.1) is 5.41 Å². The molecule has 0 aliphatic heterocycles. The van der Waals surface area contributed by atoms with Gasteiger partial charge in [-0.1, -0.05) is 12.8 Å². The standard InChI is InChI=1S/C13H23NO4/c1-3-14(10-11(15)16)12(17)13(8-9-18-2)6-4-5-7-13/h3-10H2,1-2H3,(H,15,16). The van der Waals surface area contributed by atoms with Crippen molar-refractivity contribution in [2.75, 3.05) is 26.8 Å². The van der Waals surface area contributed by atoms with Crippen LogP contribution in [-0.2, 0) is 14.3 Å². The molecule has 0 spiro atoms. The fourth-order valence-electron chi connectivity index (χ4n) is 2.75. The van der Waals surface area contributed by atoms with Gasteiger partial charge in [0.05, 0.1) is 5.41 Å². The van der Waals surface area contributed by atoms with Gasteiger partial charge in [0.2, 0.25) is 5.91 Å². The van der Waals surface area contributed by atoms with Gasteiger partial charge in [0.25, 0.3) is 0 Å². The zero-order valence-electron chi connectivity index (χ0n) is 11.3. The van der Waals surface area contributed by atoms with Crippen molar-refractivity contribution in [3.63, 3.8) is 0 Å². The summed E-state index contributed by atoms with van der Waals surface area (Å²) in [6.07, 6.45) is 4.48. The number of hydrogen-bond donors (Lipinski definition) is 1. The molecule has 0 heterocycles. The average Bonchev–Trinajstić information content (AvgIpc) is 2.82. The lowest BCUT2D eigenvalue weighted by Gasteiger charge is -2.33. The monoisotopic (exact) mass is 257 g/mol. The highest BCUT2D eigenvalue weighted by atomic mass is 16.5. The number of methoxy groups -OCH3 is 1. The Labute approximate surface area is 108 Å². The summed E-state index contributed by atoms with van der Waals surface area (Å²) in [5.41, 5.74) is -0.387. The molecule has 0 unspecified atom stereocenters. The van der Waals surface area contributed by atoms with E-state index in [1.54, 1.807) is 7.11 Å². The average molecular weight is 257 g/mol. The molecule has 1 rings (SSSR count). The molecule has 0 radical (unpaired) electrons. The number of rotatable bonds is 7. The molecule has 1 N–H and O–H groups in total. The summed E-state index contributed by atoms with van der Waals surface area (Å²) in [5.74, 6) is -0.966. The normalized spacial score (nSPS) is 17.7. The van der Waals surface area contributed by atoms with Crippen molar-refractivity contribution in [2.45, 2.75) is 39.0 Å². The fourth-order valence-corrected chi connectivity index (χ4v) is 2.75. The third kappa shape index (κ3) is 3.45. The first-order valence-electron chi connectivity index (χ1n) is 6.56. The highest BCUT2D eigenvalue weighted by Crippen LogP contribution is 2.42. The first kappa shape index (κ1) is 15.0. The van der Waals surface area contributed by atoms with E-state index in [-0.39, 0.29) is 17.9 Å². The lowest BCUT2D eigenvalue weighted by molar-refractivity contribution is -0.150. The van der Waals surface area contributed by atoms with Crippen LogP contribution in [0.15, 0.2) is 0 Å². The molecule has 0 bridgehead atoms. The molecule has 1 aliphatic carbocycles. The van der Waals surface area contributed by atoms with Gasteiger partial charge in [-0.05, 0) is 26.2 Å². The number of ether oxygens (including phenoxy) is 1. The van der Waals surface area contributed by atoms with Crippen molar-refractivity contribution in [1.82, 2.24) is 4.90 Å². The van der Waals surface area contributed by atoms with Crippen LogP contribution in [0.4, 0.5) is 0 Å². The van der Waals surface area contributed by atoms with E-state index in [9.17, 15) is 9.59 Å². The summed E-state index contributed by atoms with van der Waals surface area (Å²) in [7, 11) is 1.63. The lowest BCUT2D eigenvalue weighted by atomic mass is 9.81. The maximum atomic E-state index is 12.5. The molecular formula is C13H23NO4. The topological polar surface area (TPSA) is 66.8 Å². The smallest absolute Gasteiger partial charge is 0.323 e. The van der Waals surface area contributed by atoms with E-state index in [2.05, 4.69) is 0 Å². The fraction of sp³-hybridized carbons (Fsp3) is 0.846. The van der Waals surface area contributed by atoms with Gasteiger partial charge in [0, 0.05) is 20.3 Å². The summed E-state index contributed by atoms with van der Waals surface area (Å²) >= 11 is 0. The summed E-state index contributed by atoms with van der Waals surface area (Å²) in [6, 6.07) is 0. The van der Waals surface area contributed by atoms with Crippen LogP contribution in [0.3, 0.4) is 0 Å². The van der Waals surface area contributed by atoms with Crippen molar-refractivity contribution in [2.24, 2.45) is 5.41 Å². The maximum absolute atomic E-state index is 12.5. The Morgan fingerprint density at radius 1 is 1.33 bits per heavy atom. The van der Waals surface area contributed by atoms with Crippen LogP contribution in [0.1, 0.15) is 39.0 Å². The highest BCUT2D eigenvalue weighted by molar-refractivity contribution is 5.86. The predicted octanol–water partition coefficient (Wildman–Crippen LogP) is 1.52. The third-order valence-electron chi connectivity index (χ3n) is 3.79. The number of nitrogens with zero attached hydrogens (tertiary/aromatic N) is 1. The second-order valence-electron chi connectivity index (χ2n) is 4.94. The number of carboxylic acid groups (broad SMARTS) is 1. The van der Waals surface area contributed by atoms with Crippen molar-refractivity contribution in [3.05, 3.63) is 0 Å². The summed E-state index contributed by atoms with van der Waals surface area (Å²) in [5, 5.41) is 8.85. The Kier molecular flexibility index (Phi) is 5.59. The number of carbonyl (C=O) groups is 2. The molecule has 0 atom stereocenters. The number of carbonyl (C=O) groups excluding carboxylic acids is 1. The van der Waals surface area contributed by atoms with E-state index >= 15 is 0 Å². The van der Waals surface area contributed by atoms with Crippen LogP contribution >= 0.6 is 0 Å². The highest BCUT2D eigenvalue weighted by Gasteiger charge is 2.42. The lowest BCUT2D eigenvalue weighted by Crippen LogP contribution is -2.45. The van der Waals surface area contributed by atoms with E-state index in [0.29, 0.717) is 19.6 Å². The third-order valence-corrected chi connectivity index (χ3v) is 3.79. The first-order chi connectivity index (χ1) is 8.55. The molecule has 5 heteroatoms. The van der Waals surface area contributed by atoms with Crippen LogP contribution in [0.5, 0.6) is 0 Å². The number of amides is 1. The minimum atomic E-state index is -0.954. The summed E-state index contributed by atoms with van der Waals surface area (Å²) in [6.45, 7) is 2.61. The largest absolute Gasteiger partial charge is 0.480 e. The molecule has 1 saturated carbocycles. The van der Waals surface area contributed by atoms with E-state index in [1.807, 2.05) is 6.92 Å². The maximum Gasteiger partial charge on any atom is 0.323 e. The quantitative estimate of drug-likeness (QED) is 0.751. The van der Waals surface area contributed by atoms with E-state index in [0.717, 1.165) is 25.7 Å². The van der Waals surface area contributed by atoms with Gasteiger partial charge < -0.3 is 14.7 Å². The minimum Gasteiger partial charge on any atom is -0.480 e. The second-order valence-corrected chi connectivity index (χ2v) is 4.94. The van der Waals surface area contributed by atoms with Crippen LogP contribution in [-0.4, -0.2) is 48.7 Å². The molecule has 0 aromatic carbocycles. The Balaban J connectivity index is 2.77. The van der Waals surface area contributed by atoms with Crippen molar-refractivity contribution in [3.8, 4) is 0 Å². The summed E-state index contributed by atoms with van der Waals surface area (Å²) in [4.78, 5) is 24.8. The van der Waals surface area contributed by atoms with Crippen molar-refractivity contribution < 1.29 is 19.4 Å². The predicted molar refractivity (Wildman–Crippen MR) is 67.3 cm³/mol. The van der Waals surface area contributed by atoms with Crippen LogP contribution in [0.25, 0.3) is 0 Å². The first-order valence-corrected chi connectivity index (χ1v) is 6.56. The molecule has 1 amide bonds. The summed E-state index contributed by atoms with van der Waals surface area (Å²) < 4.78 is 5.09. The van der Waals surface area contributed by atoms with Crippen molar-refractivity contribution >= 4 is 11.9 Å². The Morgan fingerprint density at radius 2 is 1.94 bits per heavy atom. The van der Waals surface area contributed by atoms with Crippen molar-refractivity contribution in [1.29, 1.82) is 0 Å². The van der Waals surface area contributed by atoms with Crippen LogP contribution in [0.2, 0.25) is 0 Å². The SMILES string of the molecule is CCN(CC(=O)O)C(=O)C1(CCOC)CCCC1. The van der Waals surface area contributed by atoms with Crippen LogP contribution < -0.4 is 0 Å². The Morgan fingerprint density at radius 3 is 2.39 bits per heavy atom. The second kappa shape index (κ2) is 6.73. The van der Waals surface area contributed by atoms with Gasteiger partial charge in [-0.15, -0.1) is 0 Å². The zero-order chi connectivity index (χ0) is 13.6. The number of aliphatic carboxylic acids is 1. The number of carboxylic acids is 1. The molecule has 1 aliphatic rings. The van der Waals surface area contributed by atoms with E-state index in [4.69, 9.17) is 9.84 Å². The van der Waals surface area contributed by atoms with Gasteiger partial charge in [0.1, 0.15) is 6.54 Å². The molecule has 1 fully saturated rings. The van der Waals surface area contributed by atoms with Gasteiger partial charge in [-0.2, -0.15) is 0 Å².